The molecule has 0 radical (unpaired) electrons. The van der Waals surface area contributed by atoms with Gasteiger partial charge in [0.2, 0.25) is 0 Å². The number of hydrogen-bond donors (Lipinski definition) is 1. The number of hydrogen-bond acceptors (Lipinski definition) is 2. The minimum Gasteiger partial charge on any atom is -0.492 e. The molecule has 0 aliphatic heterocycles. The lowest BCUT2D eigenvalue weighted by Crippen LogP contribution is -2.37. The Morgan fingerprint density at radius 1 is 1.17 bits per heavy atom. The summed E-state index contributed by atoms with van der Waals surface area (Å²) in [5, 5.41) is 3.60. The van der Waals surface area contributed by atoms with Crippen molar-refractivity contribution in [3.05, 3.63) is 30.3 Å². The summed E-state index contributed by atoms with van der Waals surface area (Å²) < 4.78 is 5.68. The number of para-hydroxylation sites is 1. The van der Waals surface area contributed by atoms with Crippen LogP contribution in [0.25, 0.3) is 0 Å². The van der Waals surface area contributed by atoms with E-state index in [4.69, 9.17) is 4.74 Å². The Morgan fingerprint density at radius 3 is 2.61 bits per heavy atom. The van der Waals surface area contributed by atoms with Crippen molar-refractivity contribution >= 4 is 0 Å². The highest BCUT2D eigenvalue weighted by atomic mass is 16.5. The van der Waals surface area contributed by atoms with Crippen LogP contribution < -0.4 is 10.1 Å². The molecule has 18 heavy (non-hydrogen) atoms. The van der Waals surface area contributed by atoms with Crippen molar-refractivity contribution in [3.63, 3.8) is 0 Å². The lowest BCUT2D eigenvalue weighted by molar-refractivity contribution is 0.256. The third-order valence-electron chi connectivity index (χ3n) is 3.94. The van der Waals surface area contributed by atoms with E-state index in [1.54, 1.807) is 0 Å². The van der Waals surface area contributed by atoms with E-state index in [-0.39, 0.29) is 0 Å². The molecule has 1 saturated carbocycles. The maximum absolute atomic E-state index is 5.68. The number of rotatable bonds is 6. The van der Waals surface area contributed by atoms with Crippen LogP contribution in [0.4, 0.5) is 0 Å². The molecule has 1 N–H and O–H groups in total. The van der Waals surface area contributed by atoms with Crippen molar-refractivity contribution in [2.45, 2.75) is 45.1 Å². The van der Waals surface area contributed by atoms with Gasteiger partial charge in [0.15, 0.2) is 0 Å². The second-order valence-electron chi connectivity index (χ2n) is 5.30. The Hall–Kier alpha value is -1.02. The van der Waals surface area contributed by atoms with Gasteiger partial charge in [-0.3, -0.25) is 0 Å². The molecule has 0 amide bonds. The molecule has 0 bridgehead atoms. The average Bonchev–Trinajstić information content (AvgIpc) is 2.45. The Labute approximate surface area is 111 Å². The molecule has 0 heterocycles. The standard InChI is InChI=1S/C16H25NO/c1-14(15-8-4-2-5-9-15)17-12-13-18-16-10-6-3-7-11-16/h3,6-7,10-11,14-15,17H,2,4-5,8-9,12-13H2,1H3/t14-/m0/s1. The molecular weight excluding hydrogens is 222 g/mol. The van der Waals surface area contributed by atoms with Gasteiger partial charge < -0.3 is 10.1 Å². The van der Waals surface area contributed by atoms with Crippen molar-refractivity contribution < 1.29 is 4.74 Å². The van der Waals surface area contributed by atoms with Gasteiger partial charge in [0.25, 0.3) is 0 Å². The third kappa shape index (κ3) is 4.34. The summed E-state index contributed by atoms with van der Waals surface area (Å²) in [6.45, 7) is 4.01. The van der Waals surface area contributed by atoms with Gasteiger partial charge in [0.05, 0.1) is 0 Å². The van der Waals surface area contributed by atoms with Crippen LogP contribution in [0, 0.1) is 5.92 Å². The monoisotopic (exact) mass is 247 g/mol. The molecule has 1 fully saturated rings. The average molecular weight is 247 g/mol. The normalized spacial score (nSPS) is 18.5. The molecule has 100 valence electrons. The first kappa shape index (κ1) is 13.4. The van der Waals surface area contributed by atoms with Crippen molar-refractivity contribution in [1.29, 1.82) is 0 Å². The molecular formula is C16H25NO. The van der Waals surface area contributed by atoms with Crippen LogP contribution >= 0.6 is 0 Å². The highest BCUT2D eigenvalue weighted by Crippen LogP contribution is 2.26. The summed E-state index contributed by atoms with van der Waals surface area (Å²) in [5.74, 6) is 1.83. The first-order valence-corrected chi connectivity index (χ1v) is 7.27. The molecule has 1 aliphatic carbocycles. The first-order chi connectivity index (χ1) is 8.86. The lowest BCUT2D eigenvalue weighted by atomic mass is 9.84. The van der Waals surface area contributed by atoms with Crippen LogP contribution in [0.2, 0.25) is 0 Å². The van der Waals surface area contributed by atoms with E-state index >= 15 is 0 Å². The molecule has 0 unspecified atom stereocenters. The summed E-state index contributed by atoms with van der Waals surface area (Å²) in [6.07, 6.45) is 7.05. The van der Waals surface area contributed by atoms with Gasteiger partial charge in [-0.1, -0.05) is 37.5 Å². The molecule has 2 heteroatoms. The molecule has 0 saturated heterocycles. The zero-order valence-electron chi connectivity index (χ0n) is 11.4. The van der Waals surface area contributed by atoms with Crippen LogP contribution in [0.3, 0.4) is 0 Å². The number of nitrogens with one attached hydrogen (secondary N) is 1. The van der Waals surface area contributed by atoms with Crippen LogP contribution in [0.5, 0.6) is 5.75 Å². The maximum atomic E-state index is 5.68. The molecule has 0 spiro atoms. The second kappa shape index (κ2) is 7.42. The zero-order chi connectivity index (χ0) is 12.6. The molecule has 1 atom stereocenters. The SMILES string of the molecule is C[C@H](NCCOc1ccccc1)C1CCCCC1. The van der Waals surface area contributed by atoms with E-state index in [1.807, 2.05) is 30.3 Å². The number of benzene rings is 1. The summed E-state index contributed by atoms with van der Waals surface area (Å²) in [4.78, 5) is 0. The fourth-order valence-electron chi connectivity index (χ4n) is 2.77. The largest absolute Gasteiger partial charge is 0.492 e. The van der Waals surface area contributed by atoms with E-state index in [0.29, 0.717) is 6.04 Å². The fraction of sp³-hybridized carbons (Fsp3) is 0.625. The summed E-state index contributed by atoms with van der Waals surface area (Å²) in [7, 11) is 0. The molecule has 0 aromatic heterocycles. The second-order valence-corrected chi connectivity index (χ2v) is 5.30. The quantitative estimate of drug-likeness (QED) is 0.775. The minimum absolute atomic E-state index is 0.629. The summed E-state index contributed by atoms with van der Waals surface area (Å²) >= 11 is 0. The first-order valence-electron chi connectivity index (χ1n) is 7.27. The van der Waals surface area contributed by atoms with Crippen molar-refractivity contribution in [2.24, 2.45) is 5.92 Å². The number of ether oxygens (including phenoxy) is 1. The van der Waals surface area contributed by atoms with Gasteiger partial charge in [-0.15, -0.1) is 0 Å². The minimum atomic E-state index is 0.629. The van der Waals surface area contributed by atoms with E-state index in [0.717, 1.165) is 24.8 Å². The molecule has 2 rings (SSSR count). The van der Waals surface area contributed by atoms with E-state index in [9.17, 15) is 0 Å². The lowest BCUT2D eigenvalue weighted by Gasteiger charge is -2.28. The highest BCUT2D eigenvalue weighted by molar-refractivity contribution is 5.20. The van der Waals surface area contributed by atoms with Gasteiger partial charge in [0.1, 0.15) is 12.4 Å². The topological polar surface area (TPSA) is 21.3 Å². The van der Waals surface area contributed by atoms with Gasteiger partial charge in [0, 0.05) is 12.6 Å². The van der Waals surface area contributed by atoms with Gasteiger partial charge >= 0.3 is 0 Å². The molecule has 2 nitrogen and oxygen atoms in total. The Kier molecular flexibility index (Phi) is 5.53. The summed E-state index contributed by atoms with van der Waals surface area (Å²) in [6, 6.07) is 10.7. The molecule has 1 aromatic rings. The molecule has 1 aromatic carbocycles. The van der Waals surface area contributed by atoms with E-state index in [1.165, 1.54) is 32.1 Å². The van der Waals surface area contributed by atoms with Crippen LogP contribution in [0.15, 0.2) is 30.3 Å². The van der Waals surface area contributed by atoms with E-state index < -0.39 is 0 Å². The van der Waals surface area contributed by atoms with E-state index in [2.05, 4.69) is 12.2 Å². The van der Waals surface area contributed by atoms with Gasteiger partial charge in [-0.2, -0.15) is 0 Å². The fourth-order valence-corrected chi connectivity index (χ4v) is 2.77. The van der Waals surface area contributed by atoms with Crippen molar-refractivity contribution in [1.82, 2.24) is 5.32 Å². The van der Waals surface area contributed by atoms with Gasteiger partial charge in [-0.25, -0.2) is 0 Å². The van der Waals surface area contributed by atoms with Crippen molar-refractivity contribution in [3.8, 4) is 5.75 Å². The highest BCUT2D eigenvalue weighted by Gasteiger charge is 2.19. The predicted octanol–water partition coefficient (Wildman–Crippen LogP) is 3.62. The van der Waals surface area contributed by atoms with Crippen molar-refractivity contribution in [2.75, 3.05) is 13.2 Å². The van der Waals surface area contributed by atoms with Gasteiger partial charge in [-0.05, 0) is 37.8 Å². The third-order valence-corrected chi connectivity index (χ3v) is 3.94. The Balaban J connectivity index is 1.60. The smallest absolute Gasteiger partial charge is 0.119 e. The van der Waals surface area contributed by atoms with Crippen LogP contribution in [0.1, 0.15) is 39.0 Å². The van der Waals surface area contributed by atoms with Crippen LogP contribution in [-0.4, -0.2) is 19.2 Å². The summed E-state index contributed by atoms with van der Waals surface area (Å²) in [5.41, 5.74) is 0. The predicted molar refractivity (Wildman–Crippen MR) is 76.0 cm³/mol. The molecule has 1 aliphatic rings. The Morgan fingerprint density at radius 2 is 1.89 bits per heavy atom. The Bertz CT molecular complexity index is 319. The van der Waals surface area contributed by atoms with Crippen LogP contribution in [-0.2, 0) is 0 Å². The zero-order valence-corrected chi connectivity index (χ0v) is 11.4. The maximum Gasteiger partial charge on any atom is 0.119 e.